The van der Waals surface area contributed by atoms with Crippen molar-refractivity contribution in [3.63, 3.8) is 0 Å². The number of rotatable bonds is 8. The van der Waals surface area contributed by atoms with Crippen molar-refractivity contribution >= 4 is 23.2 Å². The van der Waals surface area contributed by atoms with Gasteiger partial charge in [0.25, 0.3) is 0 Å². The number of ketones is 1. The summed E-state index contributed by atoms with van der Waals surface area (Å²) in [4.78, 5) is 17.2. The third-order valence-electron chi connectivity index (χ3n) is 6.10. The Morgan fingerprint density at radius 1 is 1.24 bits per heavy atom. The number of aromatic nitrogens is 3. The van der Waals surface area contributed by atoms with E-state index in [1.807, 2.05) is 46.6 Å². The summed E-state index contributed by atoms with van der Waals surface area (Å²) in [5.41, 5.74) is 3.66. The lowest BCUT2D eigenvalue weighted by molar-refractivity contribution is -0.115. The number of ether oxygens (including phenoxy) is 2. The minimum Gasteiger partial charge on any atom is -0.497 e. The van der Waals surface area contributed by atoms with E-state index in [4.69, 9.17) is 19.6 Å². The molecule has 6 nitrogen and oxygen atoms in total. The van der Waals surface area contributed by atoms with E-state index in [1.165, 1.54) is 0 Å². The Kier molecular flexibility index (Phi) is 7.63. The molecule has 7 heteroatoms. The van der Waals surface area contributed by atoms with Gasteiger partial charge in [-0.1, -0.05) is 0 Å². The zero-order valence-corrected chi connectivity index (χ0v) is 21.2. The zero-order valence-electron chi connectivity index (χ0n) is 20.4. The molecule has 0 bridgehead atoms. The first kappa shape index (κ1) is 24.4. The average molecular weight is 480 g/mol. The van der Waals surface area contributed by atoms with Crippen molar-refractivity contribution in [2.75, 3.05) is 20.3 Å². The third kappa shape index (κ3) is 5.83. The molecule has 180 valence electrons. The van der Waals surface area contributed by atoms with Crippen LogP contribution >= 0.6 is 11.3 Å². The minimum absolute atomic E-state index is 0.153. The first-order valence-corrected chi connectivity index (χ1v) is 12.7. The fraction of sp³-hybridized carbons (Fsp3) is 0.444. The lowest BCUT2D eigenvalue weighted by atomic mass is 9.94. The van der Waals surface area contributed by atoms with E-state index >= 15 is 0 Å². The van der Waals surface area contributed by atoms with Crippen molar-refractivity contribution in [3.05, 3.63) is 47.6 Å². The number of hydrogen-bond donors (Lipinski definition) is 0. The molecule has 2 aromatic heterocycles. The van der Waals surface area contributed by atoms with Crippen molar-refractivity contribution in [1.29, 1.82) is 0 Å². The van der Waals surface area contributed by atoms with Crippen molar-refractivity contribution in [2.24, 2.45) is 5.92 Å². The van der Waals surface area contributed by atoms with E-state index in [0.29, 0.717) is 12.3 Å². The molecule has 4 rings (SSSR count). The lowest BCUT2D eigenvalue weighted by Crippen LogP contribution is -2.24. The number of carbonyl (C=O) groups is 1. The standard InChI is InChI=1S/C27H33N3O3S/c1-27(2,3)30-25(20-6-11-23(32-4)12-7-20)24(17-28-30)26-29-21(18-34-26)8-10-22(31)9-5-19-13-15-33-16-14-19/h6-8,10-12,17-19H,5,9,13-16H2,1-4H3/b10-8+. The van der Waals surface area contributed by atoms with Crippen LogP contribution in [0.1, 0.15) is 52.1 Å². The molecule has 0 radical (unpaired) electrons. The molecule has 34 heavy (non-hydrogen) atoms. The van der Waals surface area contributed by atoms with Gasteiger partial charge in [0.05, 0.1) is 35.8 Å². The molecule has 0 unspecified atom stereocenters. The largest absolute Gasteiger partial charge is 0.497 e. The van der Waals surface area contributed by atoms with Gasteiger partial charge in [-0.3, -0.25) is 9.48 Å². The maximum atomic E-state index is 12.4. The molecule has 1 saturated heterocycles. The summed E-state index contributed by atoms with van der Waals surface area (Å²) in [7, 11) is 1.67. The molecule has 3 aromatic rings. The molecule has 3 heterocycles. The summed E-state index contributed by atoms with van der Waals surface area (Å²) in [5.74, 6) is 1.57. The summed E-state index contributed by atoms with van der Waals surface area (Å²) in [5, 5.41) is 7.58. The Bertz CT molecular complexity index is 1130. The Morgan fingerprint density at radius 2 is 1.97 bits per heavy atom. The van der Waals surface area contributed by atoms with E-state index < -0.39 is 0 Å². The van der Waals surface area contributed by atoms with E-state index in [0.717, 1.165) is 65.7 Å². The molecule has 1 fully saturated rings. The molecule has 1 aliphatic rings. The van der Waals surface area contributed by atoms with Crippen molar-refractivity contribution < 1.29 is 14.3 Å². The van der Waals surface area contributed by atoms with Crippen LogP contribution in [0.15, 0.2) is 41.9 Å². The number of allylic oxidation sites excluding steroid dienone is 1. The van der Waals surface area contributed by atoms with Crippen LogP contribution in [0.3, 0.4) is 0 Å². The van der Waals surface area contributed by atoms with Crippen molar-refractivity contribution in [2.45, 2.75) is 52.0 Å². The van der Waals surface area contributed by atoms with Crippen LogP contribution in [-0.2, 0) is 15.1 Å². The average Bonchev–Trinajstić information content (AvgIpc) is 3.49. The second-order valence-corrected chi connectivity index (χ2v) is 10.5. The van der Waals surface area contributed by atoms with Gasteiger partial charge in [0.2, 0.25) is 0 Å². The van der Waals surface area contributed by atoms with Gasteiger partial charge in [0.1, 0.15) is 10.8 Å². The first-order chi connectivity index (χ1) is 16.3. The smallest absolute Gasteiger partial charge is 0.155 e. The quantitative estimate of drug-likeness (QED) is 0.359. The highest BCUT2D eigenvalue weighted by Crippen LogP contribution is 2.37. The van der Waals surface area contributed by atoms with E-state index in [1.54, 1.807) is 24.5 Å². The van der Waals surface area contributed by atoms with Gasteiger partial charge < -0.3 is 9.47 Å². The van der Waals surface area contributed by atoms with Crippen LogP contribution < -0.4 is 4.74 Å². The molecule has 1 aliphatic heterocycles. The van der Waals surface area contributed by atoms with Gasteiger partial charge in [-0.15, -0.1) is 11.3 Å². The topological polar surface area (TPSA) is 66.2 Å². The maximum absolute atomic E-state index is 12.4. The van der Waals surface area contributed by atoms with Crippen molar-refractivity contribution in [1.82, 2.24) is 14.8 Å². The molecular weight excluding hydrogens is 446 g/mol. The third-order valence-corrected chi connectivity index (χ3v) is 6.99. The highest BCUT2D eigenvalue weighted by Gasteiger charge is 2.24. The van der Waals surface area contributed by atoms with Crippen LogP contribution in [0.5, 0.6) is 5.75 Å². The summed E-state index contributed by atoms with van der Waals surface area (Å²) in [6.45, 7) is 8.05. The molecular formula is C27H33N3O3S. The summed E-state index contributed by atoms with van der Waals surface area (Å²) in [6.07, 6.45) is 9.02. The second-order valence-electron chi connectivity index (χ2n) is 9.69. The molecule has 0 N–H and O–H groups in total. The Morgan fingerprint density at radius 3 is 2.65 bits per heavy atom. The first-order valence-electron chi connectivity index (χ1n) is 11.8. The minimum atomic E-state index is -0.190. The number of thiazole rings is 1. The van der Waals surface area contributed by atoms with E-state index in [2.05, 4.69) is 20.8 Å². The van der Waals surface area contributed by atoms with E-state index in [-0.39, 0.29) is 11.3 Å². The highest BCUT2D eigenvalue weighted by molar-refractivity contribution is 7.13. The fourth-order valence-electron chi connectivity index (χ4n) is 4.17. The van der Waals surface area contributed by atoms with Crippen LogP contribution in [0.4, 0.5) is 0 Å². The van der Waals surface area contributed by atoms with Crippen LogP contribution in [-0.4, -0.2) is 40.9 Å². The monoisotopic (exact) mass is 479 g/mol. The lowest BCUT2D eigenvalue weighted by Gasteiger charge is -2.23. The van der Waals surface area contributed by atoms with Gasteiger partial charge in [-0.25, -0.2) is 4.98 Å². The van der Waals surface area contributed by atoms with Gasteiger partial charge in [0, 0.05) is 30.6 Å². The predicted molar refractivity (Wildman–Crippen MR) is 137 cm³/mol. The van der Waals surface area contributed by atoms with Gasteiger partial charge in [-0.2, -0.15) is 5.10 Å². The number of carbonyl (C=O) groups excluding carboxylic acids is 1. The van der Waals surface area contributed by atoms with Gasteiger partial charge >= 0.3 is 0 Å². The molecule has 0 saturated carbocycles. The Balaban J connectivity index is 1.52. The van der Waals surface area contributed by atoms with Crippen LogP contribution in [0, 0.1) is 5.92 Å². The predicted octanol–water partition coefficient (Wildman–Crippen LogP) is 6.23. The molecule has 1 aromatic carbocycles. The Labute approximate surface area is 205 Å². The normalized spacial score (nSPS) is 15.2. The molecule has 0 spiro atoms. The fourth-order valence-corrected chi connectivity index (χ4v) is 4.97. The number of nitrogens with zero attached hydrogens (tertiary/aromatic N) is 3. The summed E-state index contributed by atoms with van der Waals surface area (Å²) >= 11 is 1.57. The van der Waals surface area contributed by atoms with E-state index in [9.17, 15) is 4.79 Å². The summed E-state index contributed by atoms with van der Waals surface area (Å²) < 4.78 is 12.8. The highest BCUT2D eigenvalue weighted by atomic mass is 32.1. The summed E-state index contributed by atoms with van der Waals surface area (Å²) in [6, 6.07) is 8.02. The van der Waals surface area contributed by atoms with Crippen LogP contribution in [0.25, 0.3) is 27.9 Å². The van der Waals surface area contributed by atoms with Gasteiger partial charge in [0.15, 0.2) is 5.78 Å². The SMILES string of the molecule is COc1ccc(-c2c(-c3nc(/C=C/C(=O)CCC4CCOCC4)cs3)cnn2C(C)(C)C)cc1. The number of hydrogen-bond acceptors (Lipinski definition) is 6. The van der Waals surface area contributed by atoms with Crippen LogP contribution in [0.2, 0.25) is 0 Å². The van der Waals surface area contributed by atoms with Crippen molar-refractivity contribution in [3.8, 4) is 27.6 Å². The Hall–Kier alpha value is -2.77. The number of benzene rings is 1. The maximum Gasteiger partial charge on any atom is 0.155 e. The molecule has 0 amide bonds. The van der Waals surface area contributed by atoms with Gasteiger partial charge in [-0.05, 0) is 82.4 Å². The molecule has 0 aliphatic carbocycles. The zero-order chi connectivity index (χ0) is 24.1. The number of methoxy groups -OCH3 is 1. The second kappa shape index (κ2) is 10.7. The molecule has 0 atom stereocenters.